The first kappa shape index (κ1) is 26.2. The van der Waals surface area contributed by atoms with Gasteiger partial charge in [-0.1, -0.05) is 41.5 Å². The Balaban J connectivity index is 1.93. The molecule has 1 N–H and O–H groups in total. The molecule has 0 aromatic heterocycles. The molecular weight excluding hydrogens is 472 g/mol. The van der Waals surface area contributed by atoms with E-state index in [4.69, 9.17) is 18.9 Å². The predicted molar refractivity (Wildman–Crippen MR) is 123 cm³/mol. The monoisotopic (exact) mass is 496 g/mol. The van der Waals surface area contributed by atoms with E-state index in [-0.39, 0.29) is 11.1 Å². The Morgan fingerprint density at radius 1 is 0.944 bits per heavy atom. The molecule has 0 saturated carbocycles. The summed E-state index contributed by atoms with van der Waals surface area (Å²) in [7, 11) is 0. The van der Waals surface area contributed by atoms with Crippen molar-refractivity contribution >= 4 is 23.8 Å². The molecule has 1 saturated heterocycles. The second-order valence-electron chi connectivity index (χ2n) is 7.77. The molecule has 12 heteroatoms. The fourth-order valence-electron chi connectivity index (χ4n) is 3.63. The average Bonchev–Trinajstić information content (AvgIpc) is 2.86. The number of azide groups is 1. The molecule has 12 nitrogen and oxygen atoms in total. The van der Waals surface area contributed by atoms with Gasteiger partial charge in [0.15, 0.2) is 0 Å². The third-order valence-electron chi connectivity index (χ3n) is 5.15. The van der Waals surface area contributed by atoms with Crippen LogP contribution in [0.2, 0.25) is 0 Å². The molecular formula is C24H24N4O8. The molecule has 36 heavy (non-hydrogen) atoms. The van der Waals surface area contributed by atoms with Crippen molar-refractivity contribution in [1.82, 2.24) is 5.32 Å². The topological polar surface area (TPSA) is 166 Å². The van der Waals surface area contributed by atoms with E-state index in [9.17, 15) is 24.7 Å². The van der Waals surface area contributed by atoms with Gasteiger partial charge in [0.05, 0.1) is 11.1 Å². The largest absolute Gasteiger partial charge is 0.459 e. The van der Waals surface area contributed by atoms with Crippen LogP contribution in [0.3, 0.4) is 0 Å². The highest BCUT2D eigenvalue weighted by Crippen LogP contribution is 2.29. The molecule has 1 amide bonds. The lowest BCUT2D eigenvalue weighted by atomic mass is 9.94. The van der Waals surface area contributed by atoms with Crippen LogP contribution < -0.4 is 5.32 Å². The number of hydrogen-bond donors (Lipinski definition) is 1. The number of ether oxygens (including phenoxy) is 4. The summed E-state index contributed by atoms with van der Waals surface area (Å²) in [4.78, 5) is 51.9. The lowest BCUT2D eigenvalue weighted by Gasteiger charge is -2.43. The van der Waals surface area contributed by atoms with E-state index < -0.39 is 61.0 Å². The van der Waals surface area contributed by atoms with Gasteiger partial charge in [-0.2, -0.15) is 0 Å². The van der Waals surface area contributed by atoms with Crippen molar-refractivity contribution in [1.29, 1.82) is 0 Å². The zero-order chi connectivity index (χ0) is 26.1. The average molecular weight is 496 g/mol. The zero-order valence-electron chi connectivity index (χ0n) is 19.5. The quantitative estimate of drug-likeness (QED) is 0.191. The van der Waals surface area contributed by atoms with E-state index in [1.807, 2.05) is 0 Å². The Hall–Kier alpha value is -4.41. The second-order valence-corrected chi connectivity index (χ2v) is 7.77. The van der Waals surface area contributed by atoms with Gasteiger partial charge >= 0.3 is 17.9 Å². The van der Waals surface area contributed by atoms with Crippen LogP contribution in [0, 0.1) is 0 Å². The Kier molecular flexibility index (Phi) is 8.98. The number of hydrogen-bond acceptors (Lipinski definition) is 9. The van der Waals surface area contributed by atoms with E-state index in [1.165, 1.54) is 19.1 Å². The van der Waals surface area contributed by atoms with Crippen molar-refractivity contribution in [3.8, 4) is 0 Å². The first-order valence-corrected chi connectivity index (χ1v) is 10.9. The van der Waals surface area contributed by atoms with E-state index in [1.54, 1.807) is 48.5 Å². The maximum Gasteiger partial charge on any atom is 0.338 e. The summed E-state index contributed by atoms with van der Waals surface area (Å²) in [6.07, 6.45) is -3.96. The summed E-state index contributed by atoms with van der Waals surface area (Å²) in [6, 6.07) is 13.7. The number of amides is 1. The third-order valence-corrected chi connectivity index (χ3v) is 5.15. The molecule has 0 radical (unpaired) electrons. The summed E-state index contributed by atoms with van der Waals surface area (Å²) < 4.78 is 22.0. The SMILES string of the molecule is CC(=O)NC1C(OC(C)=O)OC(COC(=O)c2ccccc2)C(N=[N+]=[N-])C1OC(=O)c1ccccc1. The maximum absolute atomic E-state index is 12.9. The Bertz CT molecular complexity index is 1140. The molecule has 0 bridgehead atoms. The van der Waals surface area contributed by atoms with E-state index in [0.717, 1.165) is 6.92 Å². The number of carbonyl (C=O) groups is 4. The summed E-state index contributed by atoms with van der Waals surface area (Å²) in [5.74, 6) is -2.75. The molecule has 1 fully saturated rings. The Labute approximate surface area is 206 Å². The van der Waals surface area contributed by atoms with Crippen molar-refractivity contribution in [3.05, 3.63) is 82.2 Å². The lowest BCUT2D eigenvalue weighted by Crippen LogP contribution is -2.65. The number of rotatable bonds is 8. The summed E-state index contributed by atoms with van der Waals surface area (Å²) >= 11 is 0. The molecule has 2 aromatic carbocycles. The summed E-state index contributed by atoms with van der Waals surface area (Å²) in [5, 5.41) is 6.24. The van der Waals surface area contributed by atoms with Crippen molar-refractivity contribution in [2.45, 2.75) is 44.4 Å². The number of benzene rings is 2. The fraction of sp³-hybridized carbons (Fsp3) is 0.333. The highest BCUT2D eigenvalue weighted by atomic mass is 16.7. The van der Waals surface area contributed by atoms with Gasteiger partial charge in [0, 0.05) is 18.8 Å². The van der Waals surface area contributed by atoms with Gasteiger partial charge in [0.2, 0.25) is 12.2 Å². The van der Waals surface area contributed by atoms with Crippen LogP contribution in [0.25, 0.3) is 10.4 Å². The summed E-state index contributed by atoms with van der Waals surface area (Å²) in [5.41, 5.74) is 9.69. The van der Waals surface area contributed by atoms with Crippen LogP contribution in [0.5, 0.6) is 0 Å². The standard InChI is InChI=1S/C24H24N4O8/c1-14(29)26-20-21(36-23(32)17-11-7-4-8-12-17)19(27-28-25)18(35-24(20)34-15(2)30)13-33-22(31)16-9-5-3-6-10-16/h3-12,18-21,24H,13H2,1-2H3,(H,26,29). The number of nitrogens with one attached hydrogen (secondary N) is 1. The first-order chi connectivity index (χ1) is 17.3. The van der Waals surface area contributed by atoms with E-state index in [2.05, 4.69) is 15.3 Å². The molecule has 2 aromatic rings. The van der Waals surface area contributed by atoms with Crippen molar-refractivity contribution in [2.75, 3.05) is 6.61 Å². The van der Waals surface area contributed by atoms with Crippen molar-refractivity contribution < 1.29 is 38.1 Å². The Morgan fingerprint density at radius 3 is 2.06 bits per heavy atom. The van der Waals surface area contributed by atoms with Crippen LogP contribution in [-0.2, 0) is 28.5 Å². The van der Waals surface area contributed by atoms with Crippen LogP contribution >= 0.6 is 0 Å². The van der Waals surface area contributed by atoms with Crippen LogP contribution in [0.4, 0.5) is 0 Å². The van der Waals surface area contributed by atoms with Gasteiger partial charge in [-0.05, 0) is 29.8 Å². The molecule has 5 atom stereocenters. The second kappa shape index (κ2) is 12.3. The normalized spacial score (nSPS) is 22.9. The van der Waals surface area contributed by atoms with Crippen molar-refractivity contribution in [3.63, 3.8) is 0 Å². The Morgan fingerprint density at radius 2 is 1.53 bits per heavy atom. The van der Waals surface area contributed by atoms with Gasteiger partial charge in [-0.3, -0.25) is 9.59 Å². The fourth-order valence-corrected chi connectivity index (χ4v) is 3.63. The first-order valence-electron chi connectivity index (χ1n) is 10.9. The predicted octanol–water partition coefficient (Wildman–Crippen LogP) is 2.54. The minimum Gasteiger partial charge on any atom is -0.459 e. The minimum absolute atomic E-state index is 0.196. The molecule has 1 aliphatic heterocycles. The lowest BCUT2D eigenvalue weighted by molar-refractivity contribution is -0.237. The molecule has 0 spiro atoms. The molecule has 0 aliphatic carbocycles. The minimum atomic E-state index is -1.44. The summed E-state index contributed by atoms with van der Waals surface area (Å²) in [6.45, 7) is 1.90. The smallest absolute Gasteiger partial charge is 0.338 e. The van der Waals surface area contributed by atoms with Crippen LogP contribution in [0.15, 0.2) is 65.8 Å². The maximum atomic E-state index is 12.9. The zero-order valence-corrected chi connectivity index (χ0v) is 19.5. The molecule has 3 rings (SSSR count). The highest BCUT2D eigenvalue weighted by molar-refractivity contribution is 5.90. The van der Waals surface area contributed by atoms with E-state index >= 15 is 0 Å². The number of nitrogens with zero attached hydrogens (tertiary/aromatic N) is 3. The molecule has 1 aliphatic rings. The van der Waals surface area contributed by atoms with Crippen LogP contribution in [0.1, 0.15) is 34.6 Å². The van der Waals surface area contributed by atoms with Gasteiger partial charge in [-0.25, -0.2) is 9.59 Å². The van der Waals surface area contributed by atoms with E-state index in [0.29, 0.717) is 0 Å². The van der Waals surface area contributed by atoms with Gasteiger partial charge in [0.25, 0.3) is 0 Å². The third kappa shape index (κ3) is 6.81. The molecule has 1 heterocycles. The number of carbonyl (C=O) groups excluding carboxylic acids is 4. The van der Waals surface area contributed by atoms with Gasteiger partial charge in [0.1, 0.15) is 30.9 Å². The highest BCUT2D eigenvalue weighted by Gasteiger charge is 2.50. The van der Waals surface area contributed by atoms with Gasteiger partial charge in [-0.15, -0.1) is 0 Å². The molecule has 188 valence electrons. The number of esters is 3. The van der Waals surface area contributed by atoms with Crippen LogP contribution in [-0.4, -0.2) is 61.0 Å². The van der Waals surface area contributed by atoms with Gasteiger partial charge < -0.3 is 24.3 Å². The van der Waals surface area contributed by atoms with Crippen molar-refractivity contribution in [2.24, 2.45) is 5.11 Å². The molecule has 5 unspecified atom stereocenters.